The molecule has 1 amide bonds. The third-order valence-electron chi connectivity index (χ3n) is 4.12. The molecule has 0 radical (unpaired) electrons. The highest BCUT2D eigenvalue weighted by atomic mass is 16.2. The second-order valence-electron chi connectivity index (χ2n) is 5.71. The summed E-state index contributed by atoms with van der Waals surface area (Å²) in [6, 6.07) is 5.47. The first-order valence-electron chi connectivity index (χ1n) is 7.43. The van der Waals surface area contributed by atoms with Crippen molar-refractivity contribution in [3.8, 4) is 0 Å². The fraction of sp³-hybridized carbons (Fsp3) is 0.438. The summed E-state index contributed by atoms with van der Waals surface area (Å²) in [5.41, 5.74) is 2.92. The maximum absolute atomic E-state index is 12.5. The molecule has 5 heteroatoms. The summed E-state index contributed by atoms with van der Waals surface area (Å²) in [6.07, 6.45) is 6.69. The van der Waals surface area contributed by atoms with Crippen LogP contribution in [0.1, 0.15) is 34.6 Å². The van der Waals surface area contributed by atoms with Crippen molar-refractivity contribution in [2.24, 2.45) is 5.92 Å². The number of rotatable bonds is 3. The Morgan fingerprint density at radius 1 is 1.48 bits per heavy atom. The molecule has 3 rings (SSSR count). The van der Waals surface area contributed by atoms with Crippen LogP contribution in [0, 0.1) is 12.8 Å². The molecule has 2 aromatic heterocycles. The van der Waals surface area contributed by atoms with Crippen LogP contribution >= 0.6 is 0 Å². The summed E-state index contributed by atoms with van der Waals surface area (Å²) >= 11 is 0. The zero-order valence-corrected chi connectivity index (χ0v) is 12.2. The van der Waals surface area contributed by atoms with Gasteiger partial charge in [-0.2, -0.15) is 5.10 Å². The zero-order valence-electron chi connectivity index (χ0n) is 12.2. The Morgan fingerprint density at radius 3 is 3.10 bits per heavy atom. The van der Waals surface area contributed by atoms with E-state index in [1.54, 1.807) is 12.3 Å². The van der Waals surface area contributed by atoms with Gasteiger partial charge in [-0.1, -0.05) is 6.07 Å². The van der Waals surface area contributed by atoms with Crippen molar-refractivity contribution >= 4 is 5.91 Å². The number of aryl methyl sites for hydroxylation is 1. The van der Waals surface area contributed by atoms with E-state index in [-0.39, 0.29) is 5.91 Å². The Kier molecular flexibility index (Phi) is 3.99. The summed E-state index contributed by atoms with van der Waals surface area (Å²) in [5, 5.41) is 7.14. The van der Waals surface area contributed by atoms with Crippen molar-refractivity contribution in [3.05, 3.63) is 47.5 Å². The van der Waals surface area contributed by atoms with Crippen LogP contribution in [-0.2, 0) is 6.42 Å². The molecule has 1 unspecified atom stereocenters. The van der Waals surface area contributed by atoms with E-state index in [0.29, 0.717) is 11.6 Å². The first-order chi connectivity index (χ1) is 10.2. The highest BCUT2D eigenvalue weighted by molar-refractivity contribution is 5.92. The lowest BCUT2D eigenvalue weighted by molar-refractivity contribution is 0.0667. The molecular formula is C16H20N4O. The number of piperidine rings is 1. The Bertz CT molecular complexity index is 608. The number of pyridine rings is 1. The predicted molar refractivity (Wildman–Crippen MR) is 79.9 cm³/mol. The molecule has 0 aromatic carbocycles. The van der Waals surface area contributed by atoms with Gasteiger partial charge in [0.2, 0.25) is 0 Å². The van der Waals surface area contributed by atoms with Crippen molar-refractivity contribution < 1.29 is 4.79 Å². The molecule has 0 spiro atoms. The molecule has 0 aliphatic carbocycles. The average molecular weight is 284 g/mol. The van der Waals surface area contributed by atoms with Gasteiger partial charge < -0.3 is 4.90 Å². The van der Waals surface area contributed by atoms with Crippen molar-refractivity contribution in [3.63, 3.8) is 0 Å². The minimum atomic E-state index is 0.0432. The summed E-state index contributed by atoms with van der Waals surface area (Å²) < 4.78 is 0. The maximum atomic E-state index is 12.5. The van der Waals surface area contributed by atoms with Crippen LogP contribution in [0.5, 0.6) is 0 Å². The molecule has 1 saturated heterocycles. The predicted octanol–water partition coefficient (Wildman–Crippen LogP) is 2.21. The monoisotopic (exact) mass is 284 g/mol. The molecule has 2 aromatic rings. The number of carbonyl (C=O) groups excluding carboxylic acids is 1. The van der Waals surface area contributed by atoms with Crippen molar-refractivity contribution in [2.45, 2.75) is 26.2 Å². The standard InChI is InChI=1S/C16H20N4O/c1-12-10-18-19-15(12)9-13-5-4-8-20(11-13)16(21)14-6-2-3-7-17-14/h2-3,6-7,10,13H,4-5,8-9,11H2,1H3,(H,18,19). The van der Waals surface area contributed by atoms with Crippen LogP contribution in [0.25, 0.3) is 0 Å². The largest absolute Gasteiger partial charge is 0.337 e. The molecule has 1 N–H and O–H groups in total. The van der Waals surface area contributed by atoms with Gasteiger partial charge in [-0.15, -0.1) is 0 Å². The van der Waals surface area contributed by atoms with E-state index in [9.17, 15) is 4.79 Å². The van der Waals surface area contributed by atoms with Gasteiger partial charge in [0.15, 0.2) is 0 Å². The molecule has 1 atom stereocenters. The number of nitrogens with zero attached hydrogens (tertiary/aromatic N) is 3. The van der Waals surface area contributed by atoms with E-state index in [0.717, 1.165) is 32.4 Å². The average Bonchev–Trinajstić information content (AvgIpc) is 2.93. The van der Waals surface area contributed by atoms with E-state index in [1.165, 1.54) is 11.3 Å². The number of carbonyl (C=O) groups is 1. The number of H-pyrrole nitrogens is 1. The summed E-state index contributed by atoms with van der Waals surface area (Å²) in [6.45, 7) is 3.69. The number of nitrogens with one attached hydrogen (secondary N) is 1. The highest BCUT2D eigenvalue weighted by Crippen LogP contribution is 2.22. The number of aromatic nitrogens is 3. The molecule has 3 heterocycles. The lowest BCUT2D eigenvalue weighted by atomic mass is 9.92. The number of likely N-dealkylation sites (tertiary alicyclic amines) is 1. The minimum Gasteiger partial charge on any atom is -0.337 e. The molecule has 21 heavy (non-hydrogen) atoms. The number of aromatic amines is 1. The maximum Gasteiger partial charge on any atom is 0.272 e. The Labute approximate surface area is 124 Å². The van der Waals surface area contributed by atoms with E-state index in [2.05, 4.69) is 22.1 Å². The Hall–Kier alpha value is -2.17. The van der Waals surface area contributed by atoms with Crippen LogP contribution in [0.4, 0.5) is 0 Å². The third-order valence-corrected chi connectivity index (χ3v) is 4.12. The minimum absolute atomic E-state index is 0.0432. The smallest absolute Gasteiger partial charge is 0.272 e. The van der Waals surface area contributed by atoms with Crippen molar-refractivity contribution in [1.82, 2.24) is 20.1 Å². The Morgan fingerprint density at radius 2 is 2.38 bits per heavy atom. The topological polar surface area (TPSA) is 61.9 Å². The van der Waals surface area contributed by atoms with Crippen LogP contribution in [-0.4, -0.2) is 39.1 Å². The quantitative estimate of drug-likeness (QED) is 0.940. The fourth-order valence-electron chi connectivity index (χ4n) is 2.94. The van der Waals surface area contributed by atoms with Crippen molar-refractivity contribution in [1.29, 1.82) is 0 Å². The molecule has 0 bridgehead atoms. The van der Waals surface area contributed by atoms with Gasteiger partial charge in [0.25, 0.3) is 5.91 Å². The van der Waals surface area contributed by atoms with Crippen LogP contribution in [0.15, 0.2) is 30.6 Å². The summed E-state index contributed by atoms with van der Waals surface area (Å²) in [5.74, 6) is 0.534. The van der Waals surface area contributed by atoms with Crippen molar-refractivity contribution in [2.75, 3.05) is 13.1 Å². The molecule has 110 valence electrons. The van der Waals surface area contributed by atoms with E-state index >= 15 is 0 Å². The Balaban J connectivity index is 1.66. The molecule has 1 aliphatic heterocycles. The van der Waals surface area contributed by atoms with E-state index in [1.807, 2.05) is 23.2 Å². The van der Waals surface area contributed by atoms with Gasteiger partial charge in [-0.05, 0) is 49.8 Å². The first-order valence-corrected chi connectivity index (χ1v) is 7.43. The normalized spacial score (nSPS) is 18.7. The highest BCUT2D eigenvalue weighted by Gasteiger charge is 2.25. The molecular weight excluding hydrogens is 264 g/mol. The van der Waals surface area contributed by atoms with Crippen LogP contribution in [0.2, 0.25) is 0 Å². The van der Waals surface area contributed by atoms with Gasteiger partial charge in [0, 0.05) is 25.0 Å². The number of hydrogen-bond acceptors (Lipinski definition) is 3. The summed E-state index contributed by atoms with van der Waals surface area (Å²) in [7, 11) is 0. The lowest BCUT2D eigenvalue weighted by Crippen LogP contribution is -2.40. The third kappa shape index (κ3) is 3.12. The van der Waals surface area contributed by atoms with Gasteiger partial charge >= 0.3 is 0 Å². The van der Waals surface area contributed by atoms with Crippen LogP contribution in [0.3, 0.4) is 0 Å². The fourth-order valence-corrected chi connectivity index (χ4v) is 2.94. The number of amides is 1. The second kappa shape index (κ2) is 6.08. The molecule has 1 aliphatic rings. The molecule has 1 fully saturated rings. The van der Waals surface area contributed by atoms with E-state index in [4.69, 9.17) is 0 Å². The van der Waals surface area contributed by atoms with Gasteiger partial charge in [0.1, 0.15) is 5.69 Å². The van der Waals surface area contributed by atoms with Gasteiger partial charge in [-0.3, -0.25) is 14.9 Å². The molecule has 0 saturated carbocycles. The zero-order chi connectivity index (χ0) is 14.7. The van der Waals surface area contributed by atoms with Gasteiger partial charge in [-0.25, -0.2) is 0 Å². The first kappa shape index (κ1) is 13.8. The second-order valence-corrected chi connectivity index (χ2v) is 5.71. The van der Waals surface area contributed by atoms with Crippen LogP contribution < -0.4 is 0 Å². The number of hydrogen-bond donors (Lipinski definition) is 1. The SMILES string of the molecule is Cc1cn[nH]c1CC1CCCN(C(=O)c2ccccn2)C1. The van der Waals surface area contributed by atoms with Gasteiger partial charge in [0.05, 0.1) is 6.20 Å². The summed E-state index contributed by atoms with van der Waals surface area (Å²) in [4.78, 5) is 18.6. The lowest BCUT2D eigenvalue weighted by Gasteiger charge is -2.32. The molecule has 5 nitrogen and oxygen atoms in total. The van der Waals surface area contributed by atoms with E-state index < -0.39 is 0 Å².